The first-order valence-electron chi connectivity index (χ1n) is 11.1. The second kappa shape index (κ2) is 7.78. The highest BCUT2D eigenvalue weighted by Gasteiger charge is 2.21. The maximum atomic E-state index is 4.76. The predicted molar refractivity (Wildman–Crippen MR) is 140 cm³/mol. The van der Waals surface area contributed by atoms with Crippen molar-refractivity contribution < 1.29 is 0 Å². The second-order valence-corrected chi connectivity index (χ2v) is 8.34. The lowest BCUT2D eigenvalue weighted by atomic mass is 10.1. The van der Waals surface area contributed by atoms with E-state index in [4.69, 9.17) is 4.99 Å². The number of hydrogen-bond donors (Lipinski definition) is 0. The Labute approximate surface area is 196 Å². The zero-order valence-electron chi connectivity index (χ0n) is 19.0. The van der Waals surface area contributed by atoms with Gasteiger partial charge in [0.2, 0.25) is 5.95 Å². The number of aromatic nitrogens is 5. The molecule has 0 spiro atoms. The fourth-order valence-electron chi connectivity index (χ4n) is 4.72. The van der Waals surface area contributed by atoms with E-state index in [1.807, 2.05) is 26.0 Å². The van der Waals surface area contributed by atoms with E-state index < -0.39 is 0 Å². The maximum Gasteiger partial charge on any atom is 0.237 e. The quantitative estimate of drug-likeness (QED) is 0.180. The Morgan fingerprint density at radius 2 is 1.41 bits per heavy atom. The first-order chi connectivity index (χ1) is 16.6. The van der Waals surface area contributed by atoms with Crippen LogP contribution >= 0.6 is 0 Å². The summed E-state index contributed by atoms with van der Waals surface area (Å²) in [5.41, 5.74) is 5.21. The zero-order chi connectivity index (χ0) is 23.2. The molecule has 0 aliphatic rings. The van der Waals surface area contributed by atoms with Crippen molar-refractivity contribution >= 4 is 49.4 Å². The molecule has 6 nitrogen and oxygen atoms in total. The smallest absolute Gasteiger partial charge is 0.237 e. The number of nitrogens with zero attached hydrogens (tertiary/aromatic N) is 6. The highest BCUT2D eigenvalue weighted by molar-refractivity contribution is 6.25. The standard InChI is InChI=1S/C28H22N6/c1-18(2)14-15-30-19(3)33-24-10-6-4-8-20(24)22-12-13-23-21-9-5-7-11-25(21)34(27(23)26(22)33)28-31-16-29-17-32-28/h4-17H,1H2,2-3H3/b15-14-,30-19?. The Morgan fingerprint density at radius 1 is 0.794 bits per heavy atom. The Bertz CT molecular complexity index is 1780. The van der Waals surface area contributed by atoms with Crippen LogP contribution in [0.4, 0.5) is 0 Å². The van der Waals surface area contributed by atoms with Crippen molar-refractivity contribution in [3.8, 4) is 5.95 Å². The van der Waals surface area contributed by atoms with Crippen LogP contribution in [0.5, 0.6) is 0 Å². The summed E-state index contributed by atoms with van der Waals surface area (Å²) in [7, 11) is 0. The van der Waals surface area contributed by atoms with Crippen molar-refractivity contribution in [1.82, 2.24) is 24.1 Å². The summed E-state index contributed by atoms with van der Waals surface area (Å²) >= 11 is 0. The van der Waals surface area contributed by atoms with Gasteiger partial charge >= 0.3 is 0 Å². The Kier molecular flexibility index (Phi) is 4.59. The average molecular weight is 443 g/mol. The molecule has 34 heavy (non-hydrogen) atoms. The molecule has 164 valence electrons. The molecule has 0 saturated carbocycles. The monoisotopic (exact) mass is 442 g/mol. The van der Waals surface area contributed by atoms with E-state index in [1.54, 1.807) is 6.20 Å². The Balaban J connectivity index is 1.85. The highest BCUT2D eigenvalue weighted by Crippen LogP contribution is 2.39. The fourth-order valence-corrected chi connectivity index (χ4v) is 4.72. The predicted octanol–water partition coefficient (Wildman–Crippen LogP) is 6.43. The van der Waals surface area contributed by atoms with E-state index in [0.717, 1.165) is 49.6 Å². The van der Waals surface area contributed by atoms with Crippen molar-refractivity contribution in [2.24, 2.45) is 4.99 Å². The number of benzene rings is 3. The van der Waals surface area contributed by atoms with Crippen molar-refractivity contribution in [2.75, 3.05) is 0 Å². The SMILES string of the molecule is C=C(C)/C=C\N=C(C)n1c2ccccc2c2ccc3c4ccccc4n(-c4ncncn4)c3c21. The molecule has 0 amide bonds. The van der Waals surface area contributed by atoms with Crippen LogP contribution in [0.15, 0.2) is 103 Å². The first-order valence-corrected chi connectivity index (χ1v) is 11.1. The second-order valence-electron chi connectivity index (χ2n) is 8.34. The molecule has 0 unspecified atom stereocenters. The number of para-hydroxylation sites is 2. The minimum absolute atomic E-state index is 0.585. The molecule has 6 rings (SSSR count). The molecular weight excluding hydrogens is 420 g/mol. The van der Waals surface area contributed by atoms with Gasteiger partial charge in [-0.2, -0.15) is 0 Å². The third-order valence-corrected chi connectivity index (χ3v) is 6.09. The lowest BCUT2D eigenvalue weighted by molar-refractivity contribution is 0.940. The van der Waals surface area contributed by atoms with Crippen LogP contribution in [0, 0.1) is 0 Å². The van der Waals surface area contributed by atoms with Crippen molar-refractivity contribution in [2.45, 2.75) is 13.8 Å². The van der Waals surface area contributed by atoms with Gasteiger partial charge < -0.3 is 0 Å². The van der Waals surface area contributed by atoms with E-state index in [9.17, 15) is 0 Å². The minimum Gasteiger partial charge on any atom is -0.295 e. The lowest BCUT2D eigenvalue weighted by Crippen LogP contribution is -2.08. The van der Waals surface area contributed by atoms with Crippen LogP contribution in [0.1, 0.15) is 13.8 Å². The van der Waals surface area contributed by atoms with Crippen molar-refractivity contribution in [1.29, 1.82) is 0 Å². The number of allylic oxidation sites excluding steroid dienone is 2. The zero-order valence-corrected chi connectivity index (χ0v) is 19.0. The summed E-state index contributed by atoms with van der Waals surface area (Å²) in [5.74, 6) is 1.45. The summed E-state index contributed by atoms with van der Waals surface area (Å²) in [4.78, 5) is 17.8. The molecule has 6 heteroatoms. The summed E-state index contributed by atoms with van der Waals surface area (Å²) in [5, 5.41) is 4.61. The molecule has 6 aromatic rings. The molecule has 0 fully saturated rings. The van der Waals surface area contributed by atoms with Gasteiger partial charge in [0.15, 0.2) is 0 Å². The third-order valence-electron chi connectivity index (χ3n) is 6.09. The first kappa shape index (κ1) is 20.1. The van der Waals surface area contributed by atoms with Crippen molar-refractivity contribution in [3.05, 3.63) is 97.7 Å². The molecule has 0 N–H and O–H groups in total. The Hall–Kier alpha value is -4.58. The number of aliphatic imine (C=N–C) groups is 1. The maximum absolute atomic E-state index is 4.76. The highest BCUT2D eigenvalue weighted by atomic mass is 15.2. The van der Waals surface area contributed by atoms with E-state index in [0.29, 0.717) is 5.95 Å². The molecule has 0 aliphatic carbocycles. The molecule has 0 saturated heterocycles. The van der Waals surface area contributed by atoms with Crippen LogP contribution in [-0.4, -0.2) is 29.9 Å². The molecule has 0 atom stereocenters. The van der Waals surface area contributed by atoms with Gasteiger partial charge in [-0.3, -0.25) is 9.13 Å². The average Bonchev–Trinajstić information content (AvgIpc) is 3.37. The van der Waals surface area contributed by atoms with Gasteiger partial charge in [0, 0.05) is 27.7 Å². The van der Waals surface area contributed by atoms with Gasteiger partial charge in [0.1, 0.15) is 18.5 Å². The third kappa shape index (κ3) is 2.96. The normalized spacial score (nSPS) is 12.6. The molecule has 0 bridgehead atoms. The molecular formula is C28H22N6. The van der Waals surface area contributed by atoms with E-state index in [-0.39, 0.29) is 0 Å². The van der Waals surface area contributed by atoms with E-state index in [1.165, 1.54) is 18.0 Å². The topological polar surface area (TPSA) is 60.9 Å². The summed E-state index contributed by atoms with van der Waals surface area (Å²) in [6.45, 7) is 7.93. The van der Waals surface area contributed by atoms with Crippen LogP contribution in [-0.2, 0) is 0 Å². The van der Waals surface area contributed by atoms with Gasteiger partial charge in [0.25, 0.3) is 0 Å². The lowest BCUT2D eigenvalue weighted by Gasteiger charge is -2.10. The molecule has 0 radical (unpaired) electrons. The van der Waals surface area contributed by atoms with Crippen LogP contribution < -0.4 is 0 Å². The van der Waals surface area contributed by atoms with Gasteiger partial charge in [-0.1, -0.05) is 60.7 Å². The van der Waals surface area contributed by atoms with Crippen molar-refractivity contribution in [3.63, 3.8) is 0 Å². The van der Waals surface area contributed by atoms with Gasteiger partial charge in [-0.05, 0) is 32.1 Å². The van der Waals surface area contributed by atoms with Gasteiger partial charge in [0.05, 0.1) is 22.1 Å². The van der Waals surface area contributed by atoms with Gasteiger partial charge in [-0.25, -0.2) is 19.9 Å². The molecule has 3 heterocycles. The molecule has 0 aliphatic heterocycles. The largest absolute Gasteiger partial charge is 0.295 e. The van der Waals surface area contributed by atoms with Gasteiger partial charge in [-0.15, -0.1) is 0 Å². The Morgan fingerprint density at radius 3 is 2.12 bits per heavy atom. The van der Waals surface area contributed by atoms with Crippen LogP contribution in [0.25, 0.3) is 49.6 Å². The van der Waals surface area contributed by atoms with Crippen LogP contribution in [0.2, 0.25) is 0 Å². The number of hydrogen-bond acceptors (Lipinski definition) is 4. The van der Waals surface area contributed by atoms with E-state index >= 15 is 0 Å². The number of rotatable bonds is 3. The fraction of sp³-hybridized carbons (Fsp3) is 0.0714. The molecule has 3 aromatic heterocycles. The summed E-state index contributed by atoms with van der Waals surface area (Å²) < 4.78 is 4.35. The number of fused-ring (bicyclic) bond motifs is 7. The van der Waals surface area contributed by atoms with E-state index in [2.05, 4.69) is 85.3 Å². The van der Waals surface area contributed by atoms with Crippen LogP contribution in [0.3, 0.4) is 0 Å². The summed E-state index contributed by atoms with van der Waals surface area (Å²) in [6.07, 6.45) is 6.79. The summed E-state index contributed by atoms with van der Waals surface area (Å²) in [6, 6.07) is 21.2. The minimum atomic E-state index is 0.585. The molecule has 3 aromatic carbocycles.